The molecule has 1 aromatic heterocycles. The number of anilines is 1. The number of hydrogen-bond donors (Lipinski definition) is 2. The topological polar surface area (TPSA) is 105 Å². The first-order chi connectivity index (χ1) is 9.45. The van der Waals surface area contributed by atoms with Crippen LogP contribution in [0.15, 0.2) is 12.1 Å². The van der Waals surface area contributed by atoms with Crippen LogP contribution >= 0.6 is 0 Å². The molecule has 0 aliphatic carbocycles. The summed E-state index contributed by atoms with van der Waals surface area (Å²) in [6, 6.07) is 2.19. The molecule has 1 unspecified atom stereocenters. The van der Waals surface area contributed by atoms with Gasteiger partial charge in [-0.3, -0.25) is 4.79 Å². The van der Waals surface area contributed by atoms with E-state index >= 15 is 0 Å². The van der Waals surface area contributed by atoms with Gasteiger partial charge < -0.3 is 20.1 Å². The SMILES string of the molecule is COCCC(Nc1ccc(C(=O)N(C)C)nn1)C(=O)O. The molecule has 0 aliphatic rings. The van der Waals surface area contributed by atoms with Gasteiger partial charge in [0.15, 0.2) is 5.69 Å². The second-order valence-corrected chi connectivity index (χ2v) is 4.32. The van der Waals surface area contributed by atoms with Crippen LogP contribution in [0.3, 0.4) is 0 Å². The molecule has 1 heterocycles. The van der Waals surface area contributed by atoms with E-state index in [4.69, 9.17) is 9.84 Å². The van der Waals surface area contributed by atoms with E-state index in [2.05, 4.69) is 15.5 Å². The number of carboxylic acid groups (broad SMARTS) is 1. The van der Waals surface area contributed by atoms with E-state index in [1.54, 1.807) is 14.1 Å². The normalized spacial score (nSPS) is 11.8. The first kappa shape index (κ1) is 15.8. The van der Waals surface area contributed by atoms with Crippen molar-refractivity contribution >= 4 is 17.7 Å². The minimum atomic E-state index is -1.00. The number of carbonyl (C=O) groups excluding carboxylic acids is 1. The number of methoxy groups -OCH3 is 1. The van der Waals surface area contributed by atoms with Crippen LogP contribution in [-0.4, -0.2) is 65.9 Å². The van der Waals surface area contributed by atoms with Crippen LogP contribution in [0.5, 0.6) is 0 Å². The molecule has 8 heteroatoms. The predicted molar refractivity (Wildman–Crippen MR) is 71.6 cm³/mol. The summed E-state index contributed by atoms with van der Waals surface area (Å²) in [7, 11) is 4.73. The van der Waals surface area contributed by atoms with Gasteiger partial charge in [0.25, 0.3) is 5.91 Å². The maximum Gasteiger partial charge on any atom is 0.326 e. The number of aromatic nitrogens is 2. The Morgan fingerprint density at radius 2 is 2.10 bits per heavy atom. The van der Waals surface area contributed by atoms with Gasteiger partial charge in [-0.05, 0) is 12.1 Å². The van der Waals surface area contributed by atoms with Crippen molar-refractivity contribution in [1.29, 1.82) is 0 Å². The van der Waals surface area contributed by atoms with Crippen LogP contribution in [0.2, 0.25) is 0 Å². The summed E-state index contributed by atoms with van der Waals surface area (Å²) in [4.78, 5) is 24.1. The Labute approximate surface area is 116 Å². The number of nitrogens with one attached hydrogen (secondary N) is 1. The van der Waals surface area contributed by atoms with E-state index in [9.17, 15) is 9.59 Å². The third kappa shape index (κ3) is 4.47. The largest absolute Gasteiger partial charge is 0.480 e. The summed E-state index contributed by atoms with van der Waals surface area (Å²) in [6.45, 7) is 0.314. The molecule has 0 spiro atoms. The number of carboxylic acids is 1. The fourth-order valence-corrected chi connectivity index (χ4v) is 1.42. The monoisotopic (exact) mass is 282 g/mol. The van der Waals surface area contributed by atoms with Crippen molar-refractivity contribution in [3.05, 3.63) is 17.8 Å². The van der Waals surface area contributed by atoms with E-state index in [1.165, 1.54) is 24.1 Å². The van der Waals surface area contributed by atoms with Gasteiger partial charge in [0.1, 0.15) is 11.9 Å². The van der Waals surface area contributed by atoms with Crippen LogP contribution in [0.4, 0.5) is 5.82 Å². The Morgan fingerprint density at radius 1 is 1.40 bits per heavy atom. The Balaban J connectivity index is 2.72. The molecule has 0 radical (unpaired) electrons. The number of amides is 1. The molecule has 1 rings (SSSR count). The van der Waals surface area contributed by atoms with E-state index in [-0.39, 0.29) is 11.6 Å². The lowest BCUT2D eigenvalue weighted by atomic mass is 10.2. The van der Waals surface area contributed by atoms with Crippen molar-refractivity contribution in [3.8, 4) is 0 Å². The van der Waals surface area contributed by atoms with Gasteiger partial charge in [-0.1, -0.05) is 0 Å². The summed E-state index contributed by atoms with van der Waals surface area (Å²) < 4.78 is 4.85. The average Bonchev–Trinajstić information content (AvgIpc) is 2.42. The molecular formula is C12H18N4O4. The maximum absolute atomic E-state index is 11.6. The van der Waals surface area contributed by atoms with Crippen molar-refractivity contribution in [2.45, 2.75) is 12.5 Å². The van der Waals surface area contributed by atoms with Gasteiger partial charge in [0, 0.05) is 34.2 Å². The first-order valence-electron chi connectivity index (χ1n) is 5.99. The van der Waals surface area contributed by atoms with E-state index in [1.807, 2.05) is 0 Å². The number of nitrogens with zero attached hydrogens (tertiary/aromatic N) is 3. The molecule has 0 bridgehead atoms. The number of carbonyl (C=O) groups is 2. The zero-order chi connectivity index (χ0) is 15.1. The number of rotatable bonds is 7. The van der Waals surface area contributed by atoms with Crippen LogP contribution in [-0.2, 0) is 9.53 Å². The lowest BCUT2D eigenvalue weighted by Gasteiger charge is -2.14. The molecular weight excluding hydrogens is 264 g/mol. The van der Waals surface area contributed by atoms with Crippen molar-refractivity contribution in [3.63, 3.8) is 0 Å². The minimum Gasteiger partial charge on any atom is -0.480 e. The molecule has 1 aromatic rings. The third-order valence-electron chi connectivity index (χ3n) is 2.52. The fourth-order valence-electron chi connectivity index (χ4n) is 1.42. The maximum atomic E-state index is 11.6. The van der Waals surface area contributed by atoms with Gasteiger partial charge in [0.2, 0.25) is 0 Å². The van der Waals surface area contributed by atoms with Gasteiger partial charge in [-0.25, -0.2) is 4.79 Å². The Bertz CT molecular complexity index is 461. The van der Waals surface area contributed by atoms with Crippen LogP contribution in [0, 0.1) is 0 Å². The van der Waals surface area contributed by atoms with E-state index in [0.29, 0.717) is 18.8 Å². The number of ether oxygens (including phenoxy) is 1. The van der Waals surface area contributed by atoms with Gasteiger partial charge in [-0.15, -0.1) is 10.2 Å². The quantitative estimate of drug-likeness (QED) is 0.729. The summed E-state index contributed by atoms with van der Waals surface area (Å²) >= 11 is 0. The molecule has 0 aliphatic heterocycles. The highest BCUT2D eigenvalue weighted by Crippen LogP contribution is 2.07. The summed E-state index contributed by atoms with van der Waals surface area (Å²) in [5.74, 6) is -0.973. The van der Waals surface area contributed by atoms with Crippen molar-refractivity contribution in [2.75, 3.05) is 33.1 Å². The molecule has 0 fully saturated rings. The van der Waals surface area contributed by atoms with Crippen molar-refractivity contribution in [1.82, 2.24) is 15.1 Å². The standard InChI is InChI=1S/C12H18N4O4/c1-16(2)11(17)8-4-5-10(15-14-8)13-9(12(18)19)6-7-20-3/h4-5,9H,6-7H2,1-3H3,(H,13,15)(H,18,19). The molecule has 0 saturated carbocycles. The molecule has 20 heavy (non-hydrogen) atoms. The van der Waals surface area contributed by atoms with E-state index in [0.717, 1.165) is 0 Å². The third-order valence-corrected chi connectivity index (χ3v) is 2.52. The smallest absolute Gasteiger partial charge is 0.326 e. The molecule has 2 N–H and O–H groups in total. The van der Waals surface area contributed by atoms with E-state index < -0.39 is 12.0 Å². The summed E-state index contributed by atoms with van der Waals surface area (Å²) in [6.07, 6.45) is 0.298. The second-order valence-electron chi connectivity index (χ2n) is 4.32. The highest BCUT2D eigenvalue weighted by Gasteiger charge is 2.18. The zero-order valence-electron chi connectivity index (χ0n) is 11.7. The highest BCUT2D eigenvalue weighted by molar-refractivity contribution is 5.91. The van der Waals surface area contributed by atoms with Gasteiger partial charge in [0.05, 0.1) is 0 Å². The van der Waals surface area contributed by atoms with Crippen molar-refractivity contribution in [2.24, 2.45) is 0 Å². The molecule has 0 saturated heterocycles. The Kier molecular flexibility index (Phi) is 5.85. The average molecular weight is 282 g/mol. The minimum absolute atomic E-state index is 0.198. The first-order valence-corrected chi connectivity index (χ1v) is 5.99. The van der Waals surface area contributed by atoms with Gasteiger partial charge in [-0.2, -0.15) is 0 Å². The van der Waals surface area contributed by atoms with Crippen LogP contribution < -0.4 is 5.32 Å². The second kappa shape index (κ2) is 7.39. The molecule has 110 valence electrons. The lowest BCUT2D eigenvalue weighted by molar-refractivity contribution is -0.138. The fraction of sp³-hybridized carbons (Fsp3) is 0.500. The van der Waals surface area contributed by atoms with Crippen LogP contribution in [0.25, 0.3) is 0 Å². The Hall–Kier alpha value is -2.22. The molecule has 0 aromatic carbocycles. The molecule has 1 amide bonds. The number of aliphatic carboxylic acids is 1. The molecule has 1 atom stereocenters. The lowest BCUT2D eigenvalue weighted by Crippen LogP contribution is -2.31. The zero-order valence-corrected chi connectivity index (χ0v) is 11.7. The van der Waals surface area contributed by atoms with Crippen molar-refractivity contribution < 1.29 is 19.4 Å². The predicted octanol–water partition coefficient (Wildman–Crippen LogP) is 0.0800. The molecule has 8 nitrogen and oxygen atoms in total. The number of hydrogen-bond acceptors (Lipinski definition) is 6. The van der Waals surface area contributed by atoms with Crippen LogP contribution in [0.1, 0.15) is 16.9 Å². The summed E-state index contributed by atoms with van der Waals surface area (Å²) in [5, 5.41) is 19.3. The van der Waals surface area contributed by atoms with Gasteiger partial charge >= 0.3 is 5.97 Å². The highest BCUT2D eigenvalue weighted by atomic mass is 16.5. The summed E-state index contributed by atoms with van der Waals surface area (Å²) in [5.41, 5.74) is 0.198. The Morgan fingerprint density at radius 3 is 2.55 bits per heavy atom.